The first-order chi connectivity index (χ1) is 9.02. The zero-order chi connectivity index (χ0) is 14.0. The van der Waals surface area contributed by atoms with E-state index >= 15 is 0 Å². The largest absolute Gasteiger partial charge is 0.490 e. The number of rotatable bonds is 4. The lowest BCUT2D eigenvalue weighted by Crippen LogP contribution is -2.26. The van der Waals surface area contributed by atoms with E-state index in [1.54, 1.807) is 6.07 Å². The molecule has 0 saturated carbocycles. The molecule has 0 bridgehead atoms. The lowest BCUT2D eigenvalue weighted by atomic mass is 9.93. The van der Waals surface area contributed by atoms with Gasteiger partial charge in [-0.05, 0) is 31.4 Å². The minimum atomic E-state index is -0.591. The zero-order valence-electron chi connectivity index (χ0n) is 10.9. The summed E-state index contributed by atoms with van der Waals surface area (Å²) in [5.74, 6) is -0.585. The Kier molecular flexibility index (Phi) is 3.74. The maximum absolute atomic E-state index is 11.5. The predicted molar refractivity (Wildman–Crippen MR) is 71.1 cm³/mol. The molecule has 1 aromatic carbocycles. The van der Waals surface area contributed by atoms with Crippen molar-refractivity contribution in [1.82, 2.24) is 0 Å². The first-order valence-electron chi connectivity index (χ1n) is 6.46. The van der Waals surface area contributed by atoms with Crippen molar-refractivity contribution in [3.8, 4) is 5.75 Å². The number of nitrogens with two attached hydrogens (primary N) is 2. The van der Waals surface area contributed by atoms with E-state index in [0.29, 0.717) is 11.3 Å². The third-order valence-corrected chi connectivity index (χ3v) is 3.38. The van der Waals surface area contributed by atoms with Crippen LogP contribution < -0.4 is 16.2 Å². The molecule has 2 amide bonds. The molecule has 2 rings (SSSR count). The SMILES string of the molecule is CCCC1CCc2c(cc(C(N)=O)cc2C(N)=O)O1. The number of hydrogen-bond donors (Lipinski definition) is 2. The van der Waals surface area contributed by atoms with Crippen molar-refractivity contribution in [2.45, 2.75) is 38.7 Å². The molecule has 1 aliphatic heterocycles. The summed E-state index contributed by atoms with van der Waals surface area (Å²) >= 11 is 0. The average molecular weight is 262 g/mol. The van der Waals surface area contributed by atoms with Gasteiger partial charge >= 0.3 is 0 Å². The summed E-state index contributed by atoms with van der Waals surface area (Å²) in [5.41, 5.74) is 12.0. The van der Waals surface area contributed by atoms with Crippen LogP contribution in [0.4, 0.5) is 0 Å². The monoisotopic (exact) mass is 262 g/mol. The maximum atomic E-state index is 11.5. The van der Waals surface area contributed by atoms with Crippen molar-refractivity contribution in [2.75, 3.05) is 0 Å². The molecule has 19 heavy (non-hydrogen) atoms. The van der Waals surface area contributed by atoms with Gasteiger partial charge < -0.3 is 16.2 Å². The highest BCUT2D eigenvalue weighted by Crippen LogP contribution is 2.33. The van der Waals surface area contributed by atoms with E-state index in [-0.39, 0.29) is 11.7 Å². The first kappa shape index (κ1) is 13.4. The molecule has 102 valence electrons. The van der Waals surface area contributed by atoms with Crippen LogP contribution in [0.3, 0.4) is 0 Å². The number of benzene rings is 1. The van der Waals surface area contributed by atoms with Gasteiger partial charge in [-0.15, -0.1) is 0 Å². The number of amides is 2. The van der Waals surface area contributed by atoms with E-state index < -0.39 is 11.8 Å². The molecule has 1 aliphatic rings. The van der Waals surface area contributed by atoms with Gasteiger partial charge in [-0.2, -0.15) is 0 Å². The van der Waals surface area contributed by atoms with Gasteiger partial charge in [0, 0.05) is 16.7 Å². The zero-order valence-corrected chi connectivity index (χ0v) is 10.9. The van der Waals surface area contributed by atoms with E-state index in [0.717, 1.165) is 31.2 Å². The van der Waals surface area contributed by atoms with E-state index in [1.807, 2.05) is 0 Å². The van der Waals surface area contributed by atoms with Crippen LogP contribution in [0.1, 0.15) is 52.5 Å². The third-order valence-electron chi connectivity index (χ3n) is 3.38. The quantitative estimate of drug-likeness (QED) is 0.858. The van der Waals surface area contributed by atoms with Crippen molar-refractivity contribution in [1.29, 1.82) is 0 Å². The van der Waals surface area contributed by atoms with Crippen LogP contribution in [-0.4, -0.2) is 17.9 Å². The topological polar surface area (TPSA) is 95.4 Å². The second kappa shape index (κ2) is 5.30. The Labute approximate surface area is 111 Å². The fourth-order valence-corrected chi connectivity index (χ4v) is 2.44. The van der Waals surface area contributed by atoms with Gasteiger partial charge in [0.1, 0.15) is 5.75 Å². The molecular formula is C14H18N2O3. The normalized spacial score (nSPS) is 17.4. The van der Waals surface area contributed by atoms with Gasteiger partial charge in [-0.25, -0.2) is 0 Å². The Balaban J connectivity index is 2.44. The van der Waals surface area contributed by atoms with Crippen molar-refractivity contribution >= 4 is 11.8 Å². The van der Waals surface area contributed by atoms with Crippen molar-refractivity contribution in [2.24, 2.45) is 11.5 Å². The van der Waals surface area contributed by atoms with Crippen LogP contribution in [-0.2, 0) is 6.42 Å². The van der Waals surface area contributed by atoms with E-state index in [1.165, 1.54) is 6.07 Å². The maximum Gasteiger partial charge on any atom is 0.249 e. The second-order valence-corrected chi connectivity index (χ2v) is 4.80. The van der Waals surface area contributed by atoms with Crippen LogP contribution in [0.2, 0.25) is 0 Å². The third kappa shape index (κ3) is 2.70. The van der Waals surface area contributed by atoms with Crippen LogP contribution in [0.15, 0.2) is 12.1 Å². The highest BCUT2D eigenvalue weighted by Gasteiger charge is 2.24. The van der Waals surface area contributed by atoms with Crippen molar-refractivity contribution in [3.63, 3.8) is 0 Å². The van der Waals surface area contributed by atoms with Gasteiger partial charge in [0.25, 0.3) is 0 Å². The summed E-state index contributed by atoms with van der Waals surface area (Å²) in [6.45, 7) is 2.09. The average Bonchev–Trinajstić information content (AvgIpc) is 2.37. The highest BCUT2D eigenvalue weighted by molar-refractivity contribution is 6.00. The smallest absolute Gasteiger partial charge is 0.249 e. The van der Waals surface area contributed by atoms with Crippen LogP contribution in [0.5, 0.6) is 5.75 Å². The van der Waals surface area contributed by atoms with Gasteiger partial charge in [-0.3, -0.25) is 9.59 Å². The summed E-state index contributed by atoms with van der Waals surface area (Å²) in [7, 11) is 0. The fraction of sp³-hybridized carbons (Fsp3) is 0.429. The van der Waals surface area contributed by atoms with E-state index in [4.69, 9.17) is 16.2 Å². The summed E-state index contributed by atoms with van der Waals surface area (Å²) < 4.78 is 5.84. The molecule has 0 saturated heterocycles. The Morgan fingerprint density at radius 2 is 2.05 bits per heavy atom. The molecule has 1 atom stereocenters. The standard InChI is InChI=1S/C14H18N2O3/c1-2-3-9-4-5-10-11(14(16)18)6-8(13(15)17)7-12(10)19-9/h6-7,9H,2-5H2,1H3,(H2,15,17)(H2,16,18). The van der Waals surface area contributed by atoms with Gasteiger partial charge in [0.2, 0.25) is 11.8 Å². The number of fused-ring (bicyclic) bond motifs is 1. The first-order valence-corrected chi connectivity index (χ1v) is 6.46. The molecule has 0 aromatic heterocycles. The van der Waals surface area contributed by atoms with Gasteiger partial charge in [0.15, 0.2) is 0 Å². The summed E-state index contributed by atoms with van der Waals surface area (Å²) in [5, 5.41) is 0. The molecule has 0 radical (unpaired) electrons. The van der Waals surface area contributed by atoms with E-state index in [2.05, 4.69) is 6.92 Å². The predicted octanol–water partition coefficient (Wildman–Crippen LogP) is 1.38. The molecule has 1 heterocycles. The number of primary amides is 2. The number of carbonyl (C=O) groups is 2. The fourth-order valence-electron chi connectivity index (χ4n) is 2.44. The molecule has 5 heteroatoms. The Morgan fingerprint density at radius 3 is 2.63 bits per heavy atom. The number of carbonyl (C=O) groups excluding carboxylic acids is 2. The molecule has 0 fully saturated rings. The van der Waals surface area contributed by atoms with Crippen LogP contribution >= 0.6 is 0 Å². The van der Waals surface area contributed by atoms with Crippen molar-refractivity contribution in [3.05, 3.63) is 28.8 Å². The molecule has 1 aromatic rings. The Morgan fingerprint density at radius 1 is 1.32 bits per heavy atom. The Hall–Kier alpha value is -2.04. The second-order valence-electron chi connectivity index (χ2n) is 4.80. The molecule has 5 nitrogen and oxygen atoms in total. The summed E-state index contributed by atoms with van der Waals surface area (Å²) in [4.78, 5) is 22.8. The van der Waals surface area contributed by atoms with E-state index in [9.17, 15) is 9.59 Å². The molecule has 1 unspecified atom stereocenters. The summed E-state index contributed by atoms with van der Waals surface area (Å²) in [6, 6.07) is 3.05. The van der Waals surface area contributed by atoms with Crippen LogP contribution in [0.25, 0.3) is 0 Å². The number of ether oxygens (including phenoxy) is 1. The van der Waals surface area contributed by atoms with Gasteiger partial charge in [-0.1, -0.05) is 13.3 Å². The molecule has 0 aliphatic carbocycles. The number of hydrogen-bond acceptors (Lipinski definition) is 3. The molecular weight excluding hydrogens is 244 g/mol. The van der Waals surface area contributed by atoms with Gasteiger partial charge in [0.05, 0.1) is 6.10 Å². The molecule has 4 N–H and O–H groups in total. The minimum absolute atomic E-state index is 0.126. The lowest BCUT2D eigenvalue weighted by Gasteiger charge is -2.27. The lowest BCUT2D eigenvalue weighted by molar-refractivity contribution is 0.0995. The molecule has 0 spiro atoms. The Bertz CT molecular complexity index is 526. The minimum Gasteiger partial charge on any atom is -0.490 e. The van der Waals surface area contributed by atoms with Crippen molar-refractivity contribution < 1.29 is 14.3 Å². The summed E-state index contributed by atoms with van der Waals surface area (Å²) in [6.07, 6.45) is 3.69. The van der Waals surface area contributed by atoms with Crippen LogP contribution in [0, 0.1) is 0 Å². The highest BCUT2D eigenvalue weighted by atomic mass is 16.5.